The molecule has 19 heavy (non-hydrogen) atoms. The average Bonchev–Trinajstić information content (AvgIpc) is 2.48. The van der Waals surface area contributed by atoms with Crippen molar-refractivity contribution in [2.24, 2.45) is 0 Å². The normalized spacial score (nSPS) is 11.2. The molecule has 0 aliphatic carbocycles. The van der Waals surface area contributed by atoms with Crippen LogP contribution in [0.4, 0.5) is 0 Å². The molecule has 0 N–H and O–H groups in total. The maximum absolute atomic E-state index is 5.69. The monoisotopic (exact) mass is 276 g/mol. The predicted octanol–water partition coefficient (Wildman–Crippen LogP) is 2.49. The van der Waals surface area contributed by atoms with Gasteiger partial charge in [0.05, 0.1) is 0 Å². The van der Waals surface area contributed by atoms with Gasteiger partial charge in [0, 0.05) is 12.8 Å². The van der Waals surface area contributed by atoms with Crippen molar-refractivity contribution in [3.8, 4) is 0 Å². The Morgan fingerprint density at radius 3 is 2.26 bits per heavy atom. The second-order valence-electron chi connectivity index (χ2n) is 4.53. The Labute approximate surface area is 119 Å². The molecule has 1 rings (SSSR count). The van der Waals surface area contributed by atoms with Gasteiger partial charge >= 0.3 is 0 Å². The van der Waals surface area contributed by atoms with E-state index in [4.69, 9.17) is 4.74 Å². The first-order valence-corrected chi connectivity index (χ1v) is 9.04. The van der Waals surface area contributed by atoms with Crippen molar-refractivity contribution in [2.75, 3.05) is 32.1 Å². The predicted molar refractivity (Wildman–Crippen MR) is 86.2 cm³/mol. The SMILES string of the molecule is C=Cc1ccc([Si](COCC)CN(CC)CC)cc1. The van der Waals surface area contributed by atoms with Crippen molar-refractivity contribution in [1.82, 2.24) is 4.90 Å². The molecule has 0 aliphatic heterocycles. The molecule has 1 radical (unpaired) electrons. The van der Waals surface area contributed by atoms with E-state index >= 15 is 0 Å². The number of ether oxygens (including phenoxy) is 1. The molecule has 0 saturated heterocycles. The molecule has 0 atom stereocenters. The van der Waals surface area contributed by atoms with Crippen LogP contribution in [0.25, 0.3) is 6.08 Å². The molecule has 1 aromatic rings. The van der Waals surface area contributed by atoms with E-state index in [9.17, 15) is 0 Å². The number of hydrogen-bond acceptors (Lipinski definition) is 2. The summed E-state index contributed by atoms with van der Waals surface area (Å²) in [6, 6.07) is 8.80. The summed E-state index contributed by atoms with van der Waals surface area (Å²) in [7, 11) is -0.663. The van der Waals surface area contributed by atoms with Gasteiger partial charge in [-0.05, 0) is 31.7 Å². The van der Waals surface area contributed by atoms with Crippen LogP contribution in [-0.4, -0.2) is 45.8 Å². The van der Waals surface area contributed by atoms with Gasteiger partial charge in [-0.2, -0.15) is 0 Å². The Bertz CT molecular complexity index is 360. The Kier molecular flexibility index (Phi) is 7.71. The van der Waals surface area contributed by atoms with Gasteiger partial charge in [0.15, 0.2) is 0 Å². The zero-order valence-corrected chi connectivity index (χ0v) is 13.5. The second-order valence-corrected chi connectivity index (χ2v) is 6.92. The largest absolute Gasteiger partial charge is 0.385 e. The molecule has 0 aliphatic rings. The lowest BCUT2D eigenvalue weighted by Gasteiger charge is -2.24. The van der Waals surface area contributed by atoms with Crippen LogP contribution >= 0.6 is 0 Å². The topological polar surface area (TPSA) is 12.5 Å². The van der Waals surface area contributed by atoms with E-state index in [1.165, 1.54) is 10.8 Å². The Balaban J connectivity index is 2.78. The highest BCUT2D eigenvalue weighted by molar-refractivity contribution is 6.73. The van der Waals surface area contributed by atoms with Gasteiger partial charge in [0.1, 0.15) is 8.80 Å². The Morgan fingerprint density at radius 1 is 1.16 bits per heavy atom. The van der Waals surface area contributed by atoms with E-state index in [-0.39, 0.29) is 0 Å². The molecule has 0 bridgehead atoms. The molecule has 0 amide bonds. The lowest BCUT2D eigenvalue weighted by atomic mass is 10.2. The van der Waals surface area contributed by atoms with Crippen LogP contribution in [0.5, 0.6) is 0 Å². The lowest BCUT2D eigenvalue weighted by molar-refractivity contribution is 0.189. The van der Waals surface area contributed by atoms with Crippen LogP contribution < -0.4 is 5.19 Å². The van der Waals surface area contributed by atoms with Crippen LogP contribution in [-0.2, 0) is 4.74 Å². The van der Waals surface area contributed by atoms with E-state index in [0.717, 1.165) is 32.1 Å². The van der Waals surface area contributed by atoms with Crippen molar-refractivity contribution < 1.29 is 4.74 Å². The highest BCUT2D eigenvalue weighted by Crippen LogP contribution is 2.01. The van der Waals surface area contributed by atoms with Gasteiger partial charge < -0.3 is 9.64 Å². The standard InChI is InChI=1S/C16H26NOSi/c1-5-15-9-11-16(12-10-15)19(14-18-8-4)13-17(6-2)7-3/h5,9-12H,1,6-8,13-14H2,2-4H3. The molecular weight excluding hydrogens is 250 g/mol. The summed E-state index contributed by atoms with van der Waals surface area (Å²) in [5.74, 6) is 0. The van der Waals surface area contributed by atoms with Gasteiger partial charge in [0.2, 0.25) is 0 Å². The Hall–Kier alpha value is -0.903. The Morgan fingerprint density at radius 2 is 1.79 bits per heavy atom. The van der Waals surface area contributed by atoms with Crippen LogP contribution in [0.15, 0.2) is 30.8 Å². The molecule has 0 fully saturated rings. The first-order chi connectivity index (χ1) is 9.24. The molecule has 2 nitrogen and oxygen atoms in total. The minimum Gasteiger partial charge on any atom is -0.385 e. The van der Waals surface area contributed by atoms with Crippen molar-refractivity contribution >= 4 is 20.1 Å². The third kappa shape index (κ3) is 5.31. The maximum Gasteiger partial charge on any atom is 0.132 e. The van der Waals surface area contributed by atoms with Gasteiger partial charge in [0.25, 0.3) is 0 Å². The van der Waals surface area contributed by atoms with Crippen LogP contribution in [0.3, 0.4) is 0 Å². The second kappa shape index (κ2) is 9.07. The molecule has 105 valence electrons. The highest BCUT2D eigenvalue weighted by atomic mass is 28.3. The first-order valence-electron chi connectivity index (χ1n) is 7.12. The van der Waals surface area contributed by atoms with E-state index in [2.05, 4.69) is 56.5 Å². The summed E-state index contributed by atoms with van der Waals surface area (Å²) in [5.41, 5.74) is 1.18. The number of nitrogens with zero attached hydrogens (tertiary/aromatic N) is 1. The van der Waals surface area contributed by atoms with Gasteiger partial charge in [-0.3, -0.25) is 0 Å². The van der Waals surface area contributed by atoms with Crippen molar-refractivity contribution in [2.45, 2.75) is 20.8 Å². The van der Waals surface area contributed by atoms with E-state index in [1.807, 2.05) is 6.08 Å². The zero-order valence-electron chi connectivity index (χ0n) is 12.5. The summed E-state index contributed by atoms with van der Waals surface area (Å²) in [6.45, 7) is 13.4. The summed E-state index contributed by atoms with van der Waals surface area (Å²) >= 11 is 0. The quantitative estimate of drug-likeness (QED) is 0.643. The van der Waals surface area contributed by atoms with E-state index < -0.39 is 8.80 Å². The highest BCUT2D eigenvalue weighted by Gasteiger charge is 2.17. The van der Waals surface area contributed by atoms with Gasteiger partial charge in [-0.25, -0.2) is 0 Å². The van der Waals surface area contributed by atoms with Gasteiger partial charge in [-0.15, -0.1) is 0 Å². The van der Waals surface area contributed by atoms with Crippen LogP contribution in [0, 0.1) is 0 Å². The molecule has 3 heteroatoms. The van der Waals surface area contributed by atoms with E-state index in [1.54, 1.807) is 0 Å². The number of hydrogen-bond donors (Lipinski definition) is 0. The average molecular weight is 276 g/mol. The smallest absolute Gasteiger partial charge is 0.132 e. The fraction of sp³-hybridized carbons (Fsp3) is 0.500. The summed E-state index contributed by atoms with van der Waals surface area (Å²) in [5, 5.41) is 1.45. The zero-order chi connectivity index (χ0) is 14.1. The van der Waals surface area contributed by atoms with Crippen LogP contribution in [0.2, 0.25) is 0 Å². The summed E-state index contributed by atoms with van der Waals surface area (Å²) in [6.07, 6.45) is 3.94. The van der Waals surface area contributed by atoms with Crippen molar-refractivity contribution in [1.29, 1.82) is 0 Å². The minimum atomic E-state index is -0.663. The summed E-state index contributed by atoms with van der Waals surface area (Å²) in [4.78, 5) is 2.49. The molecule has 0 unspecified atom stereocenters. The van der Waals surface area contributed by atoms with Crippen molar-refractivity contribution in [3.63, 3.8) is 0 Å². The summed E-state index contributed by atoms with van der Waals surface area (Å²) < 4.78 is 5.69. The molecule has 0 saturated carbocycles. The van der Waals surface area contributed by atoms with Crippen LogP contribution in [0.1, 0.15) is 26.3 Å². The van der Waals surface area contributed by atoms with Crippen molar-refractivity contribution in [3.05, 3.63) is 36.4 Å². The maximum atomic E-state index is 5.69. The third-order valence-corrected chi connectivity index (χ3v) is 5.88. The number of rotatable bonds is 9. The fourth-order valence-corrected chi connectivity index (χ4v) is 4.53. The molecule has 0 aromatic heterocycles. The number of benzene rings is 1. The minimum absolute atomic E-state index is 0.663. The molecule has 1 aromatic carbocycles. The third-order valence-electron chi connectivity index (χ3n) is 3.34. The van der Waals surface area contributed by atoms with Gasteiger partial charge in [-0.1, -0.05) is 56.0 Å². The molecule has 0 spiro atoms. The van der Waals surface area contributed by atoms with E-state index in [0.29, 0.717) is 0 Å². The lowest BCUT2D eigenvalue weighted by Crippen LogP contribution is -2.46. The first kappa shape index (κ1) is 16.2. The molecular formula is C16H26NOSi. The molecule has 0 heterocycles. The fourth-order valence-electron chi connectivity index (χ4n) is 2.02.